The minimum atomic E-state index is 0.943. The van der Waals surface area contributed by atoms with E-state index in [9.17, 15) is 0 Å². The topological polar surface area (TPSA) is 0 Å². The molecule has 2 heteroatoms. The molecule has 0 aromatic heterocycles. The highest BCUT2D eigenvalue weighted by atomic mass is 32.2. The molecule has 2 aromatic rings. The van der Waals surface area contributed by atoms with Gasteiger partial charge in [0.15, 0.2) is 0 Å². The van der Waals surface area contributed by atoms with Crippen molar-refractivity contribution in [2.45, 2.75) is 15.5 Å². The molecule has 0 fully saturated rings. The lowest BCUT2D eigenvalue weighted by molar-refractivity contribution is 1.25. The summed E-state index contributed by atoms with van der Waals surface area (Å²) in [4.78, 5) is 2.13. The predicted molar refractivity (Wildman–Crippen MR) is 68.3 cm³/mol. The van der Waals surface area contributed by atoms with Gasteiger partial charge < -0.3 is 0 Å². The van der Waals surface area contributed by atoms with E-state index in [2.05, 4.69) is 30.3 Å². The van der Waals surface area contributed by atoms with Crippen LogP contribution in [0.5, 0.6) is 0 Å². The van der Waals surface area contributed by atoms with E-state index in [4.69, 9.17) is 12.6 Å². The molecule has 0 N–H and O–H groups in total. The smallest absolute Gasteiger partial charge is 0.0513 e. The van der Waals surface area contributed by atoms with Crippen LogP contribution in [0.4, 0.5) is 0 Å². The number of rotatable bonds is 3. The molecular weight excluding hydrogens is 220 g/mol. The van der Waals surface area contributed by atoms with E-state index in [0.29, 0.717) is 0 Å². The van der Waals surface area contributed by atoms with Gasteiger partial charge in [0.25, 0.3) is 0 Å². The van der Waals surface area contributed by atoms with Gasteiger partial charge in [-0.05, 0) is 17.7 Å². The summed E-state index contributed by atoms with van der Waals surface area (Å²) < 4.78 is 0. The maximum atomic E-state index is 5.25. The van der Waals surface area contributed by atoms with Gasteiger partial charge in [0.05, 0.1) is 4.90 Å². The van der Waals surface area contributed by atoms with Crippen molar-refractivity contribution in [3.8, 4) is 0 Å². The second-order valence-electron chi connectivity index (χ2n) is 3.22. The van der Waals surface area contributed by atoms with Gasteiger partial charge in [-0.1, -0.05) is 55.1 Å². The third kappa shape index (κ3) is 2.98. The van der Waals surface area contributed by atoms with Crippen molar-refractivity contribution in [3.63, 3.8) is 0 Å². The Bertz CT molecular complexity index is 424. The molecule has 0 unspecified atom stereocenters. The third-order valence-electron chi connectivity index (χ3n) is 2.09. The fourth-order valence-corrected chi connectivity index (χ4v) is 2.53. The third-order valence-corrected chi connectivity index (χ3v) is 3.72. The Labute approximate surface area is 100 Å². The van der Waals surface area contributed by atoms with Gasteiger partial charge in [-0.25, -0.2) is 0 Å². The molecule has 0 saturated carbocycles. The fraction of sp³-hybridized carbons (Fsp3) is 0.0769. The molecule has 0 amide bonds. The van der Waals surface area contributed by atoms with Gasteiger partial charge in [0.1, 0.15) is 0 Å². The Morgan fingerprint density at radius 1 is 0.867 bits per heavy atom. The van der Waals surface area contributed by atoms with Gasteiger partial charge in [-0.2, -0.15) is 0 Å². The van der Waals surface area contributed by atoms with Crippen molar-refractivity contribution in [1.29, 1.82) is 0 Å². The van der Waals surface area contributed by atoms with Crippen LogP contribution in [0.3, 0.4) is 0 Å². The number of thioether (sulfide) groups is 1. The molecule has 0 nitrogen and oxygen atoms in total. The number of hydrogen-bond donors (Lipinski definition) is 0. The van der Waals surface area contributed by atoms with Crippen LogP contribution >= 0.6 is 24.4 Å². The highest BCUT2D eigenvalue weighted by Gasteiger charge is 1.99. The lowest BCUT2D eigenvalue weighted by Crippen LogP contribution is -1.80. The molecule has 0 saturated heterocycles. The summed E-state index contributed by atoms with van der Waals surface area (Å²) in [6.45, 7) is 0. The Morgan fingerprint density at radius 3 is 2.27 bits per heavy atom. The van der Waals surface area contributed by atoms with E-state index < -0.39 is 0 Å². The van der Waals surface area contributed by atoms with E-state index in [0.717, 1.165) is 10.6 Å². The first-order valence-electron chi connectivity index (χ1n) is 4.79. The Balaban J connectivity index is 2.03. The van der Waals surface area contributed by atoms with Crippen LogP contribution in [-0.4, -0.2) is 0 Å². The Hall–Kier alpha value is -0.990. The van der Waals surface area contributed by atoms with Gasteiger partial charge in [0, 0.05) is 10.6 Å². The maximum Gasteiger partial charge on any atom is 0.0513 e. The summed E-state index contributed by atoms with van der Waals surface area (Å²) in [5.74, 6) is 0.981. The van der Waals surface area contributed by atoms with Crippen LogP contribution in [-0.2, 0) is 5.75 Å². The van der Waals surface area contributed by atoms with Crippen LogP contribution in [0.1, 0.15) is 5.56 Å². The maximum absolute atomic E-state index is 5.25. The lowest BCUT2D eigenvalue weighted by Gasteiger charge is -2.03. The van der Waals surface area contributed by atoms with E-state index in [1.54, 1.807) is 11.8 Å². The molecule has 0 bridgehead atoms. The SMILES string of the molecule is [S]c1ccccc1SCc1ccccc1. The average molecular weight is 231 g/mol. The molecule has 0 aliphatic rings. The summed E-state index contributed by atoms with van der Waals surface area (Å²) >= 11 is 7.04. The summed E-state index contributed by atoms with van der Waals surface area (Å²) in [5.41, 5.74) is 1.33. The second-order valence-corrected chi connectivity index (χ2v) is 4.68. The van der Waals surface area contributed by atoms with Crippen molar-refractivity contribution in [2.75, 3.05) is 0 Å². The molecule has 2 rings (SSSR count). The summed E-state index contributed by atoms with van der Waals surface area (Å²) in [5, 5.41) is 0. The van der Waals surface area contributed by atoms with Crippen molar-refractivity contribution < 1.29 is 0 Å². The zero-order valence-corrected chi connectivity index (χ0v) is 9.85. The fourth-order valence-electron chi connectivity index (χ4n) is 1.30. The van der Waals surface area contributed by atoms with E-state index >= 15 is 0 Å². The van der Waals surface area contributed by atoms with Crippen molar-refractivity contribution in [1.82, 2.24) is 0 Å². The van der Waals surface area contributed by atoms with Crippen LogP contribution in [0.25, 0.3) is 0 Å². The second kappa shape index (κ2) is 5.19. The quantitative estimate of drug-likeness (QED) is 0.699. The molecule has 2 aromatic carbocycles. The average Bonchev–Trinajstić information content (AvgIpc) is 2.29. The highest BCUT2D eigenvalue weighted by Crippen LogP contribution is 2.27. The molecule has 0 aliphatic carbocycles. The van der Waals surface area contributed by atoms with Crippen LogP contribution in [0, 0.1) is 0 Å². The normalized spacial score (nSPS) is 10.1. The summed E-state index contributed by atoms with van der Waals surface area (Å²) in [6.07, 6.45) is 0. The number of hydrogen-bond acceptors (Lipinski definition) is 1. The van der Waals surface area contributed by atoms with Crippen LogP contribution < -0.4 is 0 Å². The standard InChI is InChI=1S/C13H11S2/c14-12-8-4-5-9-13(12)15-10-11-6-2-1-3-7-11/h1-9H,10H2. The molecule has 75 valence electrons. The van der Waals surface area contributed by atoms with E-state index in [1.807, 2.05) is 24.3 Å². The van der Waals surface area contributed by atoms with Crippen LogP contribution in [0.2, 0.25) is 0 Å². The first-order valence-corrected chi connectivity index (χ1v) is 6.18. The monoisotopic (exact) mass is 231 g/mol. The first kappa shape index (κ1) is 10.5. The summed E-state index contributed by atoms with van der Waals surface area (Å²) in [6, 6.07) is 18.5. The highest BCUT2D eigenvalue weighted by molar-refractivity contribution is 7.99. The molecule has 0 heterocycles. The van der Waals surface area contributed by atoms with Crippen molar-refractivity contribution in [3.05, 3.63) is 60.2 Å². The predicted octanol–water partition coefficient (Wildman–Crippen LogP) is 4.54. The zero-order chi connectivity index (χ0) is 10.5. The molecule has 0 aliphatic heterocycles. The minimum absolute atomic E-state index is 0.943. The number of benzene rings is 2. The molecule has 15 heavy (non-hydrogen) atoms. The van der Waals surface area contributed by atoms with Gasteiger partial charge >= 0.3 is 0 Å². The largest absolute Gasteiger partial charge is 0.120 e. The van der Waals surface area contributed by atoms with Crippen molar-refractivity contribution >= 4 is 24.4 Å². The van der Waals surface area contributed by atoms with Crippen LogP contribution in [0.15, 0.2) is 64.4 Å². The van der Waals surface area contributed by atoms with Crippen molar-refractivity contribution in [2.24, 2.45) is 0 Å². The Kier molecular flexibility index (Phi) is 3.64. The lowest BCUT2D eigenvalue weighted by atomic mass is 10.2. The molecular formula is C13H11S2. The Morgan fingerprint density at radius 2 is 1.53 bits per heavy atom. The molecule has 0 spiro atoms. The van der Waals surface area contributed by atoms with Gasteiger partial charge in [-0.15, -0.1) is 11.8 Å². The molecule has 1 radical (unpaired) electrons. The van der Waals surface area contributed by atoms with Gasteiger partial charge in [-0.3, -0.25) is 0 Å². The zero-order valence-electron chi connectivity index (χ0n) is 8.22. The first-order chi connectivity index (χ1) is 7.36. The minimum Gasteiger partial charge on any atom is -0.120 e. The van der Waals surface area contributed by atoms with Gasteiger partial charge in [0.2, 0.25) is 0 Å². The molecule has 0 atom stereocenters. The summed E-state index contributed by atoms with van der Waals surface area (Å²) in [7, 11) is 0. The van der Waals surface area contributed by atoms with E-state index in [-0.39, 0.29) is 0 Å². The van der Waals surface area contributed by atoms with E-state index in [1.165, 1.54) is 10.5 Å².